The van der Waals surface area contributed by atoms with Crippen LogP contribution in [0.15, 0.2) is 88.3 Å². The van der Waals surface area contributed by atoms with Gasteiger partial charge in [0, 0.05) is 10.6 Å². The van der Waals surface area contributed by atoms with Gasteiger partial charge in [0.25, 0.3) is 11.8 Å². The largest absolute Gasteiger partial charge is 0.350 e. The predicted octanol–water partition coefficient (Wildman–Crippen LogP) is 6.64. The first-order valence-corrected chi connectivity index (χ1v) is 12.1. The number of nitrogens with one attached hydrogen (secondary N) is 1. The average Bonchev–Trinajstić information content (AvgIpc) is 3.03. The minimum absolute atomic E-state index is 0.304. The summed E-state index contributed by atoms with van der Waals surface area (Å²) in [5.74, 6) is -0.639. The van der Waals surface area contributed by atoms with E-state index in [1.165, 1.54) is 22.2 Å². The van der Waals surface area contributed by atoms with Crippen molar-refractivity contribution in [2.45, 2.75) is 44.9 Å². The van der Waals surface area contributed by atoms with Gasteiger partial charge in [-0.25, -0.2) is 4.90 Å². The Kier molecular flexibility index (Phi) is 6.99. The zero-order valence-corrected chi connectivity index (χ0v) is 20.0. The molecule has 2 amide bonds. The first kappa shape index (κ1) is 22.9. The molecule has 1 N–H and O–H groups in total. The number of carbonyl (C=O) groups excluding carboxylic acids is 2. The second-order valence-corrected chi connectivity index (χ2v) is 9.41. The van der Waals surface area contributed by atoms with Crippen molar-refractivity contribution < 1.29 is 9.59 Å². The van der Waals surface area contributed by atoms with Gasteiger partial charge < -0.3 is 5.32 Å². The molecule has 33 heavy (non-hydrogen) atoms. The Bertz CT molecular complexity index is 1200. The summed E-state index contributed by atoms with van der Waals surface area (Å²) in [4.78, 5) is 29.6. The van der Waals surface area contributed by atoms with E-state index in [1.807, 2.05) is 86.6 Å². The summed E-state index contributed by atoms with van der Waals surface area (Å²) >= 11 is 1.32. The lowest BCUT2D eigenvalue weighted by Crippen LogP contribution is -2.32. The molecule has 0 atom stereocenters. The predicted molar refractivity (Wildman–Crippen MR) is 136 cm³/mol. The molecule has 0 aliphatic carbocycles. The Morgan fingerprint density at radius 2 is 1.58 bits per heavy atom. The van der Waals surface area contributed by atoms with Crippen molar-refractivity contribution in [3.63, 3.8) is 0 Å². The van der Waals surface area contributed by atoms with Gasteiger partial charge in [-0.1, -0.05) is 67.1 Å². The van der Waals surface area contributed by atoms with Crippen molar-refractivity contribution in [2.75, 3.05) is 10.2 Å². The summed E-state index contributed by atoms with van der Waals surface area (Å²) in [5, 5.41) is 3.23. The standard InChI is InChI=1S/C28H28N2O2S/c1-4-5-8-21-12-14-23(15-13-21)30-27(31)25(29-22-9-6-7-20(3)18-22)26(28(30)32)33-24-16-10-19(2)11-17-24/h6-7,9-18,29H,4-5,8H2,1-3H3. The number of unbranched alkanes of at least 4 members (excludes halogenated alkanes) is 1. The van der Waals surface area contributed by atoms with Crippen LogP contribution in [0.1, 0.15) is 36.5 Å². The first-order valence-electron chi connectivity index (χ1n) is 11.3. The van der Waals surface area contributed by atoms with Crippen LogP contribution in [0.2, 0.25) is 0 Å². The molecule has 0 fully saturated rings. The summed E-state index contributed by atoms with van der Waals surface area (Å²) in [6.07, 6.45) is 3.23. The second kappa shape index (κ2) is 10.1. The zero-order valence-electron chi connectivity index (χ0n) is 19.2. The molecule has 168 valence electrons. The van der Waals surface area contributed by atoms with E-state index < -0.39 is 0 Å². The van der Waals surface area contributed by atoms with Crippen LogP contribution in [-0.4, -0.2) is 11.8 Å². The van der Waals surface area contributed by atoms with Gasteiger partial charge in [0.1, 0.15) is 10.6 Å². The van der Waals surface area contributed by atoms with Crippen LogP contribution < -0.4 is 10.2 Å². The Morgan fingerprint density at radius 3 is 2.24 bits per heavy atom. The maximum absolute atomic E-state index is 13.5. The lowest BCUT2D eigenvalue weighted by molar-refractivity contribution is -0.120. The molecule has 0 radical (unpaired) electrons. The number of hydrogen-bond donors (Lipinski definition) is 1. The Morgan fingerprint density at radius 1 is 0.848 bits per heavy atom. The molecule has 4 rings (SSSR count). The average molecular weight is 457 g/mol. The van der Waals surface area contributed by atoms with Gasteiger partial charge in [-0.15, -0.1) is 0 Å². The van der Waals surface area contributed by atoms with E-state index in [9.17, 15) is 9.59 Å². The van der Waals surface area contributed by atoms with E-state index >= 15 is 0 Å². The van der Waals surface area contributed by atoms with Crippen LogP contribution in [0.3, 0.4) is 0 Å². The summed E-state index contributed by atoms with van der Waals surface area (Å²) in [5.41, 5.74) is 5.11. The number of thioether (sulfide) groups is 1. The third-order valence-corrected chi connectivity index (χ3v) is 6.67. The number of rotatable bonds is 8. The van der Waals surface area contributed by atoms with Gasteiger partial charge in [-0.05, 0) is 74.2 Å². The van der Waals surface area contributed by atoms with Crippen LogP contribution in [0.4, 0.5) is 11.4 Å². The molecular formula is C28H28N2O2S. The first-order chi connectivity index (χ1) is 16.0. The molecule has 5 heteroatoms. The van der Waals surface area contributed by atoms with Gasteiger partial charge >= 0.3 is 0 Å². The quantitative estimate of drug-likeness (QED) is 0.386. The number of anilines is 2. The van der Waals surface area contributed by atoms with Crippen LogP contribution in [0.5, 0.6) is 0 Å². The summed E-state index contributed by atoms with van der Waals surface area (Å²) in [7, 11) is 0. The molecule has 0 aromatic heterocycles. The molecule has 3 aromatic carbocycles. The van der Waals surface area contributed by atoms with Gasteiger partial charge in [-0.2, -0.15) is 0 Å². The third kappa shape index (κ3) is 5.20. The van der Waals surface area contributed by atoms with Crippen LogP contribution in [-0.2, 0) is 16.0 Å². The van der Waals surface area contributed by atoms with Crippen LogP contribution >= 0.6 is 11.8 Å². The van der Waals surface area contributed by atoms with E-state index in [0.717, 1.165) is 41.0 Å². The third-order valence-electron chi connectivity index (χ3n) is 5.58. The van der Waals surface area contributed by atoms with Crippen LogP contribution in [0, 0.1) is 13.8 Å². The summed E-state index contributed by atoms with van der Waals surface area (Å²) in [6, 6.07) is 23.5. The molecular weight excluding hydrogens is 428 g/mol. The Balaban J connectivity index is 1.67. The fraction of sp³-hybridized carbons (Fsp3) is 0.214. The highest BCUT2D eigenvalue weighted by molar-refractivity contribution is 8.04. The van der Waals surface area contributed by atoms with Crippen molar-refractivity contribution in [1.29, 1.82) is 0 Å². The van der Waals surface area contributed by atoms with Crippen molar-refractivity contribution >= 4 is 35.0 Å². The number of nitrogens with zero attached hydrogens (tertiary/aromatic N) is 1. The van der Waals surface area contributed by atoms with Gasteiger partial charge in [0.2, 0.25) is 0 Å². The van der Waals surface area contributed by atoms with Crippen molar-refractivity contribution in [3.05, 3.63) is 100 Å². The lowest BCUT2D eigenvalue weighted by atomic mass is 10.1. The molecule has 0 spiro atoms. The number of aryl methyl sites for hydroxylation is 3. The molecule has 0 saturated heterocycles. The number of carbonyl (C=O) groups is 2. The molecule has 1 heterocycles. The minimum atomic E-state index is -0.336. The Hall–Kier alpha value is -3.31. The molecule has 0 bridgehead atoms. The van der Waals surface area contributed by atoms with Gasteiger partial charge in [-0.3, -0.25) is 9.59 Å². The molecule has 1 aliphatic rings. The highest BCUT2D eigenvalue weighted by Gasteiger charge is 2.40. The van der Waals surface area contributed by atoms with Crippen LogP contribution in [0.25, 0.3) is 0 Å². The van der Waals surface area contributed by atoms with Gasteiger partial charge in [0.15, 0.2) is 0 Å². The molecule has 4 nitrogen and oxygen atoms in total. The smallest absolute Gasteiger partial charge is 0.283 e. The number of hydrogen-bond acceptors (Lipinski definition) is 4. The summed E-state index contributed by atoms with van der Waals surface area (Å²) in [6.45, 7) is 6.18. The van der Waals surface area contributed by atoms with Crippen molar-refractivity contribution in [3.8, 4) is 0 Å². The monoisotopic (exact) mass is 456 g/mol. The number of amides is 2. The number of imide groups is 1. The highest BCUT2D eigenvalue weighted by Crippen LogP contribution is 2.38. The summed E-state index contributed by atoms with van der Waals surface area (Å²) < 4.78 is 0. The van der Waals surface area contributed by atoms with E-state index in [2.05, 4.69) is 12.2 Å². The maximum atomic E-state index is 13.5. The second-order valence-electron chi connectivity index (χ2n) is 8.33. The lowest BCUT2D eigenvalue weighted by Gasteiger charge is -2.16. The molecule has 3 aromatic rings. The molecule has 0 saturated carbocycles. The fourth-order valence-electron chi connectivity index (χ4n) is 3.73. The van der Waals surface area contributed by atoms with Gasteiger partial charge in [0.05, 0.1) is 5.69 Å². The maximum Gasteiger partial charge on any atom is 0.283 e. The van der Waals surface area contributed by atoms with E-state index in [-0.39, 0.29) is 11.8 Å². The SMILES string of the molecule is CCCCc1ccc(N2C(=O)C(Nc3cccc(C)c3)=C(Sc3ccc(C)cc3)C2=O)cc1. The molecule has 1 aliphatic heterocycles. The van der Waals surface area contributed by atoms with E-state index in [1.54, 1.807) is 0 Å². The van der Waals surface area contributed by atoms with Crippen molar-refractivity contribution in [1.82, 2.24) is 0 Å². The van der Waals surface area contributed by atoms with E-state index in [4.69, 9.17) is 0 Å². The molecule has 0 unspecified atom stereocenters. The van der Waals surface area contributed by atoms with E-state index in [0.29, 0.717) is 16.3 Å². The topological polar surface area (TPSA) is 49.4 Å². The number of benzene rings is 3. The zero-order chi connectivity index (χ0) is 23.4. The highest BCUT2D eigenvalue weighted by atomic mass is 32.2. The normalized spacial score (nSPS) is 13.7. The minimum Gasteiger partial charge on any atom is -0.350 e. The van der Waals surface area contributed by atoms with Crippen molar-refractivity contribution in [2.24, 2.45) is 0 Å². The Labute approximate surface area is 199 Å². The fourth-order valence-corrected chi connectivity index (χ4v) is 4.66.